The third-order valence-corrected chi connectivity index (χ3v) is 3.49. The molecule has 0 aliphatic carbocycles. The van der Waals surface area contributed by atoms with Gasteiger partial charge in [0.2, 0.25) is 0 Å². The minimum atomic E-state index is -1.12. The molecule has 0 N–H and O–H groups in total. The molecule has 1 fully saturated rings. The Morgan fingerprint density at radius 2 is 2.29 bits per heavy atom. The molecule has 0 saturated carbocycles. The predicted octanol–water partition coefficient (Wildman–Crippen LogP) is 0.641. The largest absolute Gasteiger partial charge is 0.465 e. The fourth-order valence-electron chi connectivity index (χ4n) is 1.24. The van der Waals surface area contributed by atoms with Crippen molar-refractivity contribution in [3.8, 4) is 0 Å². The van der Waals surface area contributed by atoms with Crippen LogP contribution in [0.3, 0.4) is 0 Å². The molecule has 0 radical (unpaired) electrons. The first-order valence-electron chi connectivity index (χ1n) is 4.53. The van der Waals surface area contributed by atoms with Crippen LogP contribution >= 0.6 is 11.8 Å². The molecule has 0 spiro atoms. The van der Waals surface area contributed by atoms with Gasteiger partial charge >= 0.3 is 5.97 Å². The zero-order valence-electron chi connectivity index (χ0n) is 8.37. The van der Waals surface area contributed by atoms with Crippen LogP contribution in [0.25, 0.3) is 0 Å². The van der Waals surface area contributed by atoms with Crippen LogP contribution in [0.4, 0.5) is 0 Å². The average molecular weight is 218 g/mol. The molecule has 1 atom stereocenters. The van der Waals surface area contributed by atoms with Crippen LogP contribution in [-0.2, 0) is 19.1 Å². The fraction of sp³-hybridized carbons (Fsp3) is 0.778. The second-order valence-corrected chi connectivity index (χ2v) is 4.40. The van der Waals surface area contributed by atoms with Gasteiger partial charge in [-0.05, 0) is 13.8 Å². The van der Waals surface area contributed by atoms with E-state index in [1.54, 1.807) is 6.92 Å². The number of rotatable bonds is 3. The quantitative estimate of drug-likeness (QED) is 0.514. The summed E-state index contributed by atoms with van der Waals surface area (Å²) in [5.74, 6) is -0.0175. The fourth-order valence-corrected chi connectivity index (χ4v) is 2.34. The highest BCUT2D eigenvalue weighted by Crippen LogP contribution is 2.31. The molecule has 4 nitrogen and oxygen atoms in total. The van der Waals surface area contributed by atoms with Crippen molar-refractivity contribution in [2.75, 3.05) is 25.6 Å². The van der Waals surface area contributed by atoms with Crippen molar-refractivity contribution < 1.29 is 19.1 Å². The number of esters is 1. The Kier molecular flexibility index (Phi) is 3.95. The molecule has 1 rings (SSSR count). The van der Waals surface area contributed by atoms with Gasteiger partial charge in [0.1, 0.15) is 0 Å². The van der Waals surface area contributed by atoms with Crippen molar-refractivity contribution >= 4 is 23.5 Å². The molecule has 0 amide bonds. The number of hydrogen-bond donors (Lipinski definition) is 0. The van der Waals surface area contributed by atoms with E-state index < -0.39 is 10.7 Å². The van der Waals surface area contributed by atoms with Gasteiger partial charge in [-0.3, -0.25) is 4.79 Å². The number of ether oxygens (including phenoxy) is 2. The highest BCUT2D eigenvalue weighted by Gasteiger charge is 2.47. The van der Waals surface area contributed by atoms with E-state index in [0.29, 0.717) is 12.4 Å². The topological polar surface area (TPSA) is 52.6 Å². The van der Waals surface area contributed by atoms with E-state index in [2.05, 4.69) is 0 Å². The van der Waals surface area contributed by atoms with Gasteiger partial charge in [-0.1, -0.05) is 0 Å². The molecule has 1 unspecified atom stereocenters. The summed E-state index contributed by atoms with van der Waals surface area (Å²) < 4.78 is 8.94. The molecule has 1 saturated heterocycles. The minimum Gasteiger partial charge on any atom is -0.465 e. The Bertz CT molecular complexity index is 233. The Labute approximate surface area is 87.3 Å². The molecule has 80 valence electrons. The molecule has 0 aromatic heterocycles. The molecule has 1 aliphatic heterocycles. The van der Waals surface area contributed by atoms with Crippen LogP contribution in [0, 0.1) is 0 Å². The summed E-state index contributed by atoms with van der Waals surface area (Å²) in [6.45, 7) is 4.12. The molecule has 0 aromatic carbocycles. The van der Waals surface area contributed by atoms with Gasteiger partial charge in [-0.15, -0.1) is 11.8 Å². The second-order valence-electron chi connectivity index (χ2n) is 3.00. The minimum absolute atomic E-state index is 0.131. The lowest BCUT2D eigenvalue weighted by atomic mass is 10.1. The number of hydrogen-bond acceptors (Lipinski definition) is 5. The van der Waals surface area contributed by atoms with Crippen molar-refractivity contribution in [1.29, 1.82) is 0 Å². The maximum absolute atomic E-state index is 11.6. The van der Waals surface area contributed by atoms with Crippen LogP contribution in [0.2, 0.25) is 0 Å². The normalized spacial score (nSPS) is 27.0. The highest BCUT2D eigenvalue weighted by molar-refractivity contribution is 8.02. The van der Waals surface area contributed by atoms with E-state index in [1.807, 2.05) is 0 Å². The number of thioether (sulfide) groups is 1. The lowest BCUT2D eigenvalue weighted by molar-refractivity contribution is -0.151. The van der Waals surface area contributed by atoms with Crippen molar-refractivity contribution in [2.45, 2.75) is 18.6 Å². The van der Waals surface area contributed by atoms with Crippen LogP contribution in [-0.4, -0.2) is 42.1 Å². The zero-order valence-corrected chi connectivity index (χ0v) is 9.19. The summed E-state index contributed by atoms with van der Waals surface area (Å²) in [5, 5.41) is 0. The van der Waals surface area contributed by atoms with Crippen molar-refractivity contribution in [3.05, 3.63) is 0 Å². The number of carbonyl (C=O) groups is 2. The molecule has 0 bridgehead atoms. The summed E-state index contributed by atoms with van der Waals surface area (Å²) in [6.07, 6.45) is 0. The highest BCUT2D eigenvalue weighted by atomic mass is 32.2. The van der Waals surface area contributed by atoms with E-state index in [-0.39, 0.29) is 19.0 Å². The molecule has 1 aliphatic rings. The van der Waals surface area contributed by atoms with Crippen molar-refractivity contribution in [1.82, 2.24) is 0 Å². The standard InChI is InChI=1S/C9H14O4S/c1-3-13-8(11)9(7(2)10)6-12-4-5-14-9/h3-6H2,1-2H3. The lowest BCUT2D eigenvalue weighted by Gasteiger charge is -2.31. The maximum Gasteiger partial charge on any atom is 0.332 e. The first-order valence-corrected chi connectivity index (χ1v) is 5.52. The van der Waals surface area contributed by atoms with E-state index in [1.165, 1.54) is 18.7 Å². The van der Waals surface area contributed by atoms with Gasteiger partial charge in [0.15, 0.2) is 10.5 Å². The summed E-state index contributed by atoms with van der Waals surface area (Å²) in [6, 6.07) is 0. The van der Waals surface area contributed by atoms with Crippen molar-refractivity contribution in [3.63, 3.8) is 0 Å². The second kappa shape index (κ2) is 4.79. The number of Topliss-reactive ketones (excluding diaryl/α,β-unsaturated/α-hetero) is 1. The van der Waals surface area contributed by atoms with Crippen molar-refractivity contribution in [2.24, 2.45) is 0 Å². The Balaban J connectivity index is 2.80. The maximum atomic E-state index is 11.6. The van der Waals surface area contributed by atoms with E-state index >= 15 is 0 Å². The summed E-state index contributed by atoms with van der Waals surface area (Å²) in [7, 11) is 0. The average Bonchev–Trinajstić information content (AvgIpc) is 2.19. The van der Waals surface area contributed by atoms with Crippen LogP contribution in [0.1, 0.15) is 13.8 Å². The molecule has 1 heterocycles. The van der Waals surface area contributed by atoms with Gasteiger partial charge in [0.25, 0.3) is 0 Å². The number of ketones is 1. The van der Waals surface area contributed by atoms with Crippen LogP contribution < -0.4 is 0 Å². The first kappa shape index (κ1) is 11.5. The summed E-state index contributed by atoms with van der Waals surface area (Å²) in [5.41, 5.74) is 0. The lowest BCUT2D eigenvalue weighted by Crippen LogP contribution is -2.50. The number of carbonyl (C=O) groups excluding carboxylic acids is 2. The smallest absolute Gasteiger partial charge is 0.332 e. The third-order valence-electron chi connectivity index (χ3n) is 2.06. The van der Waals surface area contributed by atoms with Crippen LogP contribution in [0.5, 0.6) is 0 Å². The van der Waals surface area contributed by atoms with Crippen LogP contribution in [0.15, 0.2) is 0 Å². The van der Waals surface area contributed by atoms with Gasteiger partial charge < -0.3 is 9.47 Å². The van der Waals surface area contributed by atoms with Gasteiger partial charge in [-0.25, -0.2) is 4.79 Å². The van der Waals surface area contributed by atoms with Gasteiger partial charge in [0.05, 0.1) is 19.8 Å². The molecular weight excluding hydrogens is 204 g/mol. The first-order chi connectivity index (χ1) is 6.63. The Morgan fingerprint density at radius 3 is 2.71 bits per heavy atom. The third kappa shape index (κ3) is 2.09. The SMILES string of the molecule is CCOC(=O)C1(C(C)=O)COCCS1. The Morgan fingerprint density at radius 1 is 1.57 bits per heavy atom. The van der Waals surface area contributed by atoms with E-state index in [9.17, 15) is 9.59 Å². The van der Waals surface area contributed by atoms with E-state index in [0.717, 1.165) is 0 Å². The van der Waals surface area contributed by atoms with Gasteiger partial charge in [0, 0.05) is 5.75 Å². The predicted molar refractivity (Wildman–Crippen MR) is 53.3 cm³/mol. The summed E-state index contributed by atoms with van der Waals surface area (Å²) >= 11 is 1.32. The van der Waals surface area contributed by atoms with E-state index in [4.69, 9.17) is 9.47 Å². The molecule has 0 aromatic rings. The molecular formula is C9H14O4S. The monoisotopic (exact) mass is 218 g/mol. The molecule has 5 heteroatoms. The zero-order chi connectivity index (χ0) is 10.6. The summed E-state index contributed by atoms with van der Waals surface area (Å²) in [4.78, 5) is 23.1. The molecule has 14 heavy (non-hydrogen) atoms. The Hall–Kier alpha value is -0.550. The van der Waals surface area contributed by atoms with Gasteiger partial charge in [-0.2, -0.15) is 0 Å².